The van der Waals surface area contributed by atoms with Crippen molar-refractivity contribution in [2.75, 3.05) is 11.6 Å². The summed E-state index contributed by atoms with van der Waals surface area (Å²) in [5.41, 5.74) is 5.51. The topological polar surface area (TPSA) is 66.5 Å². The lowest BCUT2D eigenvalue weighted by molar-refractivity contribution is 0.0325. The van der Waals surface area contributed by atoms with E-state index in [-0.39, 0.29) is 17.1 Å². The van der Waals surface area contributed by atoms with Crippen molar-refractivity contribution in [2.45, 2.75) is 12.2 Å². The van der Waals surface area contributed by atoms with E-state index in [1.54, 1.807) is 0 Å². The van der Waals surface area contributed by atoms with Gasteiger partial charge < -0.3 is 15.9 Å². The van der Waals surface area contributed by atoms with E-state index in [9.17, 15) is 14.6 Å². The Morgan fingerprint density at radius 2 is 2.07 bits per heavy atom. The summed E-state index contributed by atoms with van der Waals surface area (Å²) in [5, 5.41) is 18.7. The van der Waals surface area contributed by atoms with Crippen LogP contribution in [0.25, 0.3) is 0 Å². The van der Waals surface area contributed by atoms with Gasteiger partial charge in [0.25, 0.3) is 0 Å². The van der Waals surface area contributed by atoms with Gasteiger partial charge in [-0.15, -0.1) is 11.6 Å². The van der Waals surface area contributed by atoms with E-state index >= 15 is 0 Å². The van der Waals surface area contributed by atoms with Crippen LogP contribution in [0.3, 0.4) is 0 Å². The molecule has 0 saturated heterocycles. The zero-order valence-electron chi connectivity index (χ0n) is 7.32. The summed E-state index contributed by atoms with van der Waals surface area (Å²) in [6.07, 6.45) is -2.30. The quantitative estimate of drug-likeness (QED) is 0.526. The van der Waals surface area contributed by atoms with Gasteiger partial charge in [-0.05, 0) is 17.7 Å². The molecule has 0 heterocycles. The third-order valence-electron chi connectivity index (χ3n) is 1.89. The molecule has 2 atom stereocenters. The number of benzene rings is 1. The van der Waals surface area contributed by atoms with Crippen molar-refractivity contribution in [1.29, 1.82) is 0 Å². The van der Waals surface area contributed by atoms with Crippen molar-refractivity contribution in [3.05, 3.63) is 29.6 Å². The summed E-state index contributed by atoms with van der Waals surface area (Å²) in [7, 11) is 0. The lowest BCUT2D eigenvalue weighted by Crippen LogP contribution is -2.19. The van der Waals surface area contributed by atoms with E-state index in [2.05, 4.69) is 0 Å². The minimum Gasteiger partial charge on any atom is -0.396 e. The van der Waals surface area contributed by atoms with Crippen LogP contribution in [0.5, 0.6) is 0 Å². The Kier molecular flexibility index (Phi) is 3.69. The standard InChI is InChI=1S/C9H11ClFNO2/c10-4-8(13)9(14)5-1-2-7(12)6(11)3-5/h1-3,8-9,13-14H,4,12H2. The van der Waals surface area contributed by atoms with Gasteiger partial charge in [0, 0.05) is 0 Å². The maximum Gasteiger partial charge on any atom is 0.146 e. The van der Waals surface area contributed by atoms with E-state index in [0.717, 1.165) is 6.07 Å². The number of hydrogen-bond donors (Lipinski definition) is 3. The van der Waals surface area contributed by atoms with Crippen LogP contribution in [0.15, 0.2) is 18.2 Å². The van der Waals surface area contributed by atoms with Crippen molar-refractivity contribution in [3.63, 3.8) is 0 Å². The van der Waals surface area contributed by atoms with Gasteiger partial charge in [-0.25, -0.2) is 4.39 Å². The fourth-order valence-corrected chi connectivity index (χ4v) is 1.20. The van der Waals surface area contributed by atoms with Gasteiger partial charge >= 0.3 is 0 Å². The number of anilines is 1. The molecular formula is C9H11ClFNO2. The molecule has 1 rings (SSSR count). The molecule has 2 unspecified atom stereocenters. The molecule has 0 fully saturated rings. The molecule has 0 spiro atoms. The molecule has 0 aliphatic rings. The van der Waals surface area contributed by atoms with E-state index in [1.807, 2.05) is 0 Å². The van der Waals surface area contributed by atoms with Crippen LogP contribution in [0.2, 0.25) is 0 Å². The molecule has 5 heteroatoms. The Morgan fingerprint density at radius 1 is 1.43 bits per heavy atom. The minimum atomic E-state index is -1.19. The first-order valence-electron chi connectivity index (χ1n) is 4.03. The number of aliphatic hydroxyl groups excluding tert-OH is 2. The Bertz CT molecular complexity index is 322. The highest BCUT2D eigenvalue weighted by Gasteiger charge is 2.18. The lowest BCUT2D eigenvalue weighted by atomic mass is 10.0. The molecule has 14 heavy (non-hydrogen) atoms. The number of alkyl halides is 1. The third kappa shape index (κ3) is 2.35. The zero-order valence-corrected chi connectivity index (χ0v) is 8.08. The van der Waals surface area contributed by atoms with E-state index in [0.29, 0.717) is 0 Å². The normalized spacial score (nSPS) is 15.1. The molecule has 0 aliphatic carbocycles. The summed E-state index contributed by atoms with van der Waals surface area (Å²) >= 11 is 5.34. The molecule has 0 bridgehead atoms. The maximum absolute atomic E-state index is 13.0. The maximum atomic E-state index is 13.0. The largest absolute Gasteiger partial charge is 0.396 e. The van der Waals surface area contributed by atoms with E-state index in [1.165, 1.54) is 12.1 Å². The van der Waals surface area contributed by atoms with Crippen molar-refractivity contribution in [3.8, 4) is 0 Å². The Balaban J connectivity index is 2.91. The van der Waals surface area contributed by atoms with Gasteiger partial charge in [-0.2, -0.15) is 0 Å². The Morgan fingerprint density at radius 3 is 2.57 bits per heavy atom. The number of aliphatic hydroxyl groups is 2. The van der Waals surface area contributed by atoms with Gasteiger partial charge in [-0.3, -0.25) is 0 Å². The molecule has 1 aromatic rings. The smallest absolute Gasteiger partial charge is 0.146 e. The van der Waals surface area contributed by atoms with Gasteiger partial charge in [0.15, 0.2) is 0 Å². The molecule has 0 saturated carbocycles. The van der Waals surface area contributed by atoms with Gasteiger partial charge in [0.2, 0.25) is 0 Å². The summed E-state index contributed by atoms with van der Waals surface area (Å²) < 4.78 is 13.0. The highest BCUT2D eigenvalue weighted by atomic mass is 35.5. The lowest BCUT2D eigenvalue weighted by Gasteiger charge is -2.15. The number of rotatable bonds is 3. The van der Waals surface area contributed by atoms with Gasteiger partial charge in [-0.1, -0.05) is 6.07 Å². The summed E-state index contributed by atoms with van der Waals surface area (Å²) in [6.45, 7) is 0. The second kappa shape index (κ2) is 4.59. The molecule has 0 aromatic heterocycles. The SMILES string of the molecule is Nc1ccc(C(O)C(O)CCl)cc1F. The number of halogens is 2. The molecule has 0 amide bonds. The molecule has 0 radical (unpaired) electrons. The molecule has 4 N–H and O–H groups in total. The van der Waals surface area contributed by atoms with Crippen molar-refractivity contribution >= 4 is 17.3 Å². The molecule has 0 aliphatic heterocycles. The molecule has 1 aromatic carbocycles. The van der Waals surface area contributed by atoms with E-state index < -0.39 is 18.0 Å². The Labute approximate surface area is 85.9 Å². The average molecular weight is 220 g/mol. The zero-order chi connectivity index (χ0) is 10.7. The van der Waals surface area contributed by atoms with Crippen molar-refractivity contribution in [1.82, 2.24) is 0 Å². The number of nitrogens with two attached hydrogens (primary N) is 1. The van der Waals surface area contributed by atoms with Crippen molar-refractivity contribution in [2.24, 2.45) is 0 Å². The van der Waals surface area contributed by atoms with E-state index in [4.69, 9.17) is 17.3 Å². The summed E-state index contributed by atoms with van der Waals surface area (Å²) in [5.74, 6) is -0.740. The molecule has 3 nitrogen and oxygen atoms in total. The number of nitrogen functional groups attached to an aromatic ring is 1. The van der Waals surface area contributed by atoms with Crippen LogP contribution in [-0.2, 0) is 0 Å². The fourth-order valence-electron chi connectivity index (χ4n) is 1.03. The van der Waals surface area contributed by atoms with Crippen LogP contribution >= 0.6 is 11.6 Å². The molecule has 78 valence electrons. The second-order valence-electron chi connectivity index (χ2n) is 2.95. The highest BCUT2D eigenvalue weighted by molar-refractivity contribution is 6.18. The highest BCUT2D eigenvalue weighted by Crippen LogP contribution is 2.21. The average Bonchev–Trinajstić information content (AvgIpc) is 2.20. The first-order valence-corrected chi connectivity index (χ1v) is 4.56. The van der Waals surface area contributed by atoms with Gasteiger partial charge in [0.1, 0.15) is 11.9 Å². The first kappa shape index (κ1) is 11.2. The van der Waals surface area contributed by atoms with Crippen LogP contribution in [-0.4, -0.2) is 22.2 Å². The number of hydrogen-bond acceptors (Lipinski definition) is 3. The predicted molar refractivity (Wildman–Crippen MR) is 52.5 cm³/mol. The Hall–Kier alpha value is -0.840. The summed E-state index contributed by atoms with van der Waals surface area (Å²) in [4.78, 5) is 0. The second-order valence-corrected chi connectivity index (χ2v) is 3.26. The van der Waals surface area contributed by atoms with Crippen LogP contribution in [0, 0.1) is 5.82 Å². The van der Waals surface area contributed by atoms with Crippen molar-refractivity contribution < 1.29 is 14.6 Å². The molecular weight excluding hydrogens is 209 g/mol. The third-order valence-corrected chi connectivity index (χ3v) is 2.20. The van der Waals surface area contributed by atoms with Gasteiger partial charge in [0.05, 0.1) is 17.7 Å². The predicted octanol–water partition coefficient (Wildman–Crippen LogP) is 1.04. The minimum absolute atomic E-state index is 0.00122. The van der Waals surface area contributed by atoms with Crippen LogP contribution < -0.4 is 5.73 Å². The van der Waals surface area contributed by atoms with Crippen LogP contribution in [0.4, 0.5) is 10.1 Å². The summed E-state index contributed by atoms with van der Waals surface area (Å²) in [6, 6.07) is 3.85. The first-order chi connectivity index (χ1) is 6.56. The van der Waals surface area contributed by atoms with Crippen LogP contribution in [0.1, 0.15) is 11.7 Å². The monoisotopic (exact) mass is 219 g/mol. The fraction of sp³-hybridized carbons (Fsp3) is 0.333.